The monoisotopic (exact) mass is 276 g/mol. The fraction of sp³-hybridized carbons (Fsp3) is 0.562. The highest BCUT2D eigenvalue weighted by molar-refractivity contribution is 5.78. The molecule has 1 aliphatic rings. The minimum Gasteiger partial charge on any atom is -0.372 e. The van der Waals surface area contributed by atoms with Gasteiger partial charge in [0, 0.05) is 38.0 Å². The van der Waals surface area contributed by atoms with Gasteiger partial charge in [-0.05, 0) is 32.4 Å². The molecule has 1 aromatic carbocycles. The van der Waals surface area contributed by atoms with Gasteiger partial charge in [0.25, 0.3) is 0 Å². The van der Waals surface area contributed by atoms with Gasteiger partial charge in [0.15, 0.2) is 0 Å². The summed E-state index contributed by atoms with van der Waals surface area (Å²) in [5.41, 5.74) is 2.56. The number of carbonyl (C=O) groups is 1. The van der Waals surface area contributed by atoms with Crippen molar-refractivity contribution in [3.8, 4) is 0 Å². The molecule has 1 heterocycles. The summed E-state index contributed by atoms with van der Waals surface area (Å²) in [4.78, 5) is 16.4. The summed E-state index contributed by atoms with van der Waals surface area (Å²) in [5, 5.41) is 0. The molecular weight excluding hydrogens is 252 g/mol. The molecule has 1 fully saturated rings. The number of piperazine rings is 1. The highest BCUT2D eigenvalue weighted by Gasteiger charge is 2.27. The number of rotatable bonds is 4. The van der Waals surface area contributed by atoms with E-state index in [0.717, 1.165) is 19.6 Å². The van der Waals surface area contributed by atoms with Crippen molar-refractivity contribution in [1.29, 1.82) is 0 Å². The van der Waals surface area contributed by atoms with Crippen molar-refractivity contribution in [2.45, 2.75) is 26.8 Å². The minimum atomic E-state index is 0.101. The third-order valence-electron chi connectivity index (χ3n) is 3.83. The maximum absolute atomic E-state index is 12.1. The van der Waals surface area contributed by atoms with Crippen molar-refractivity contribution < 1.29 is 9.53 Å². The van der Waals surface area contributed by atoms with E-state index in [1.54, 1.807) is 0 Å². The Bertz CT molecular complexity index is 462. The van der Waals surface area contributed by atoms with Crippen LogP contribution >= 0.6 is 0 Å². The molecule has 1 aliphatic heterocycles. The molecule has 2 rings (SSSR count). The molecule has 1 saturated heterocycles. The lowest BCUT2D eigenvalue weighted by atomic mass is 10.1. The standard InChI is InChI=1S/C16H24N2O2/c1-4-20-12-16(19)18-10-9-17(11-14(18)3)15-8-6-5-7-13(15)2/h5-8,14H,4,9-12H2,1-3H3/t14-/m1/s1. The van der Waals surface area contributed by atoms with Crippen LogP contribution in [-0.4, -0.2) is 49.7 Å². The van der Waals surface area contributed by atoms with Crippen LogP contribution in [0.5, 0.6) is 0 Å². The molecule has 0 radical (unpaired) electrons. The van der Waals surface area contributed by atoms with Gasteiger partial charge in [0.2, 0.25) is 5.91 Å². The number of anilines is 1. The number of aryl methyl sites for hydroxylation is 1. The predicted octanol–water partition coefficient (Wildman–Crippen LogP) is 2.07. The number of ether oxygens (including phenoxy) is 1. The fourth-order valence-electron chi connectivity index (χ4n) is 2.74. The Labute approximate surface area is 121 Å². The maximum Gasteiger partial charge on any atom is 0.248 e. The summed E-state index contributed by atoms with van der Waals surface area (Å²) in [6.45, 7) is 9.46. The van der Waals surface area contributed by atoms with Gasteiger partial charge in [-0.3, -0.25) is 4.79 Å². The van der Waals surface area contributed by atoms with Gasteiger partial charge in [0.05, 0.1) is 0 Å². The highest BCUT2D eigenvalue weighted by Crippen LogP contribution is 2.22. The number of nitrogens with zero attached hydrogens (tertiary/aromatic N) is 2. The average molecular weight is 276 g/mol. The molecule has 4 nitrogen and oxygen atoms in total. The minimum absolute atomic E-state index is 0.101. The van der Waals surface area contributed by atoms with Crippen molar-refractivity contribution >= 4 is 11.6 Å². The van der Waals surface area contributed by atoms with E-state index >= 15 is 0 Å². The Morgan fingerprint density at radius 1 is 1.35 bits per heavy atom. The van der Waals surface area contributed by atoms with E-state index in [9.17, 15) is 4.79 Å². The summed E-state index contributed by atoms with van der Waals surface area (Å²) in [6.07, 6.45) is 0. The third-order valence-corrected chi connectivity index (χ3v) is 3.83. The molecular formula is C16H24N2O2. The Kier molecular flexibility index (Phi) is 5.01. The van der Waals surface area contributed by atoms with Crippen LogP contribution < -0.4 is 4.90 Å². The lowest BCUT2D eigenvalue weighted by molar-refractivity contribution is -0.138. The number of amides is 1. The van der Waals surface area contributed by atoms with Crippen LogP contribution in [0.2, 0.25) is 0 Å². The van der Waals surface area contributed by atoms with Gasteiger partial charge in [-0.25, -0.2) is 0 Å². The topological polar surface area (TPSA) is 32.8 Å². The molecule has 0 aliphatic carbocycles. The van der Waals surface area contributed by atoms with Crippen molar-refractivity contribution in [3.63, 3.8) is 0 Å². The van der Waals surface area contributed by atoms with Gasteiger partial charge >= 0.3 is 0 Å². The van der Waals surface area contributed by atoms with Crippen LogP contribution in [0.4, 0.5) is 5.69 Å². The number of carbonyl (C=O) groups excluding carboxylic acids is 1. The molecule has 0 bridgehead atoms. The van der Waals surface area contributed by atoms with E-state index in [-0.39, 0.29) is 18.6 Å². The second-order valence-corrected chi connectivity index (χ2v) is 5.31. The lowest BCUT2D eigenvalue weighted by Gasteiger charge is -2.41. The SMILES string of the molecule is CCOCC(=O)N1CCN(c2ccccc2C)C[C@H]1C. The number of benzene rings is 1. The van der Waals surface area contributed by atoms with E-state index in [2.05, 4.69) is 43.0 Å². The summed E-state index contributed by atoms with van der Waals surface area (Å²) in [7, 11) is 0. The Morgan fingerprint density at radius 3 is 2.75 bits per heavy atom. The smallest absolute Gasteiger partial charge is 0.248 e. The van der Waals surface area contributed by atoms with Crippen molar-refractivity contribution in [2.24, 2.45) is 0 Å². The predicted molar refractivity (Wildman–Crippen MR) is 81.1 cm³/mol. The van der Waals surface area contributed by atoms with Crippen LogP contribution in [0.15, 0.2) is 24.3 Å². The van der Waals surface area contributed by atoms with Crippen LogP contribution in [0.25, 0.3) is 0 Å². The first kappa shape index (κ1) is 14.9. The maximum atomic E-state index is 12.1. The zero-order valence-corrected chi connectivity index (χ0v) is 12.6. The Morgan fingerprint density at radius 2 is 2.10 bits per heavy atom. The van der Waals surface area contributed by atoms with E-state index in [1.165, 1.54) is 11.3 Å². The first-order valence-corrected chi connectivity index (χ1v) is 7.31. The summed E-state index contributed by atoms with van der Waals surface area (Å²) >= 11 is 0. The molecule has 1 amide bonds. The van der Waals surface area contributed by atoms with Crippen LogP contribution in [0.1, 0.15) is 19.4 Å². The van der Waals surface area contributed by atoms with Gasteiger partial charge in [-0.15, -0.1) is 0 Å². The zero-order chi connectivity index (χ0) is 14.5. The molecule has 20 heavy (non-hydrogen) atoms. The third kappa shape index (κ3) is 3.31. The van der Waals surface area contributed by atoms with E-state index in [1.807, 2.05) is 11.8 Å². The second-order valence-electron chi connectivity index (χ2n) is 5.31. The summed E-state index contributed by atoms with van der Waals surface area (Å²) < 4.78 is 5.22. The molecule has 110 valence electrons. The quantitative estimate of drug-likeness (QED) is 0.844. The number of hydrogen-bond acceptors (Lipinski definition) is 3. The van der Waals surface area contributed by atoms with E-state index < -0.39 is 0 Å². The van der Waals surface area contributed by atoms with E-state index in [0.29, 0.717) is 6.61 Å². The first-order chi connectivity index (χ1) is 9.63. The van der Waals surface area contributed by atoms with Crippen LogP contribution in [0.3, 0.4) is 0 Å². The van der Waals surface area contributed by atoms with Gasteiger partial charge in [-0.1, -0.05) is 18.2 Å². The lowest BCUT2D eigenvalue weighted by Crippen LogP contribution is -2.55. The molecule has 1 atom stereocenters. The number of hydrogen-bond donors (Lipinski definition) is 0. The normalized spacial score (nSPS) is 19.2. The molecule has 4 heteroatoms. The van der Waals surface area contributed by atoms with Crippen LogP contribution in [0, 0.1) is 6.92 Å². The molecule has 1 aromatic rings. The summed E-state index contributed by atoms with van der Waals surface area (Å²) in [6, 6.07) is 8.63. The zero-order valence-electron chi connectivity index (χ0n) is 12.6. The first-order valence-electron chi connectivity index (χ1n) is 7.31. The highest BCUT2D eigenvalue weighted by atomic mass is 16.5. The molecule has 0 aromatic heterocycles. The molecule has 0 saturated carbocycles. The largest absolute Gasteiger partial charge is 0.372 e. The van der Waals surface area contributed by atoms with Gasteiger partial charge in [0.1, 0.15) is 6.61 Å². The van der Waals surface area contributed by atoms with Gasteiger partial charge < -0.3 is 14.5 Å². The average Bonchev–Trinajstić information content (AvgIpc) is 2.45. The van der Waals surface area contributed by atoms with Gasteiger partial charge in [-0.2, -0.15) is 0 Å². The molecule has 0 N–H and O–H groups in total. The van der Waals surface area contributed by atoms with Crippen molar-refractivity contribution in [2.75, 3.05) is 37.7 Å². The fourth-order valence-corrected chi connectivity index (χ4v) is 2.74. The summed E-state index contributed by atoms with van der Waals surface area (Å²) in [5.74, 6) is 0.101. The Balaban J connectivity index is 1.99. The van der Waals surface area contributed by atoms with Crippen molar-refractivity contribution in [3.05, 3.63) is 29.8 Å². The van der Waals surface area contributed by atoms with Crippen LogP contribution in [-0.2, 0) is 9.53 Å². The second kappa shape index (κ2) is 6.75. The van der Waals surface area contributed by atoms with E-state index in [4.69, 9.17) is 4.74 Å². The van der Waals surface area contributed by atoms with Crippen molar-refractivity contribution in [1.82, 2.24) is 4.90 Å². The molecule has 0 spiro atoms. The Hall–Kier alpha value is -1.55. The molecule has 0 unspecified atom stereocenters. The number of para-hydroxylation sites is 1.